The van der Waals surface area contributed by atoms with Gasteiger partial charge in [-0.1, -0.05) is 6.07 Å². The molecule has 0 aliphatic heterocycles. The Bertz CT molecular complexity index is 258. The van der Waals surface area contributed by atoms with E-state index in [9.17, 15) is 5.11 Å². The zero-order chi connectivity index (χ0) is 9.84. The van der Waals surface area contributed by atoms with Gasteiger partial charge >= 0.3 is 0 Å². The van der Waals surface area contributed by atoms with Crippen LogP contribution in [0.4, 0.5) is 5.82 Å². The molecule has 0 aliphatic carbocycles. The topological polar surface area (TPSA) is 62.4 Å². The molecule has 0 saturated carbocycles. The summed E-state index contributed by atoms with van der Waals surface area (Å²) in [4.78, 5) is 6.06. The number of aliphatic hydroxyl groups is 1. The lowest BCUT2D eigenvalue weighted by molar-refractivity contribution is 0.186. The van der Waals surface area contributed by atoms with Crippen LogP contribution in [0.5, 0.6) is 0 Å². The molecule has 13 heavy (non-hydrogen) atoms. The number of hydrogen-bond acceptors (Lipinski definition) is 4. The van der Waals surface area contributed by atoms with Gasteiger partial charge in [0.1, 0.15) is 5.82 Å². The fourth-order valence-electron chi connectivity index (χ4n) is 0.995. The lowest BCUT2D eigenvalue weighted by atomic mass is 10.1. The van der Waals surface area contributed by atoms with Gasteiger partial charge in [-0.05, 0) is 6.07 Å². The van der Waals surface area contributed by atoms with Gasteiger partial charge in [0.2, 0.25) is 0 Å². The van der Waals surface area contributed by atoms with Crippen LogP contribution >= 0.6 is 0 Å². The highest BCUT2D eigenvalue weighted by molar-refractivity contribution is 5.37. The zero-order valence-corrected chi connectivity index (χ0v) is 7.94. The van der Waals surface area contributed by atoms with Crippen molar-refractivity contribution in [1.29, 1.82) is 0 Å². The van der Waals surface area contributed by atoms with Gasteiger partial charge in [0, 0.05) is 32.4 Å². The van der Waals surface area contributed by atoms with E-state index in [0.717, 1.165) is 11.4 Å². The molecular formula is C9H15N3O. The first kappa shape index (κ1) is 9.95. The van der Waals surface area contributed by atoms with Crippen LogP contribution < -0.4 is 10.6 Å². The van der Waals surface area contributed by atoms with Crippen LogP contribution in [0.1, 0.15) is 11.7 Å². The summed E-state index contributed by atoms with van der Waals surface area (Å²) >= 11 is 0. The van der Waals surface area contributed by atoms with Gasteiger partial charge in [0.05, 0.1) is 6.10 Å². The first-order valence-corrected chi connectivity index (χ1v) is 4.16. The van der Waals surface area contributed by atoms with Crippen molar-refractivity contribution >= 4 is 5.82 Å². The Hall–Kier alpha value is -1.13. The lowest BCUT2D eigenvalue weighted by Crippen LogP contribution is -2.13. The van der Waals surface area contributed by atoms with Crippen LogP contribution in [0, 0.1) is 0 Å². The SMILES string of the molecule is CN(C)c1ccc(C(O)CN)cn1. The van der Waals surface area contributed by atoms with Gasteiger partial charge in [0.25, 0.3) is 0 Å². The number of rotatable bonds is 3. The van der Waals surface area contributed by atoms with Crippen LogP contribution in [0.2, 0.25) is 0 Å². The number of aromatic nitrogens is 1. The third-order valence-electron chi connectivity index (χ3n) is 1.84. The van der Waals surface area contributed by atoms with Gasteiger partial charge in [-0.15, -0.1) is 0 Å². The molecule has 72 valence electrons. The maximum atomic E-state index is 9.38. The highest BCUT2D eigenvalue weighted by atomic mass is 16.3. The number of pyridine rings is 1. The van der Waals surface area contributed by atoms with E-state index >= 15 is 0 Å². The summed E-state index contributed by atoms with van der Waals surface area (Å²) in [5.74, 6) is 0.868. The third-order valence-corrected chi connectivity index (χ3v) is 1.84. The molecule has 0 aromatic carbocycles. The summed E-state index contributed by atoms with van der Waals surface area (Å²) in [6, 6.07) is 3.69. The van der Waals surface area contributed by atoms with Crippen molar-refractivity contribution in [2.45, 2.75) is 6.10 Å². The number of nitrogens with zero attached hydrogens (tertiary/aromatic N) is 2. The molecule has 0 amide bonds. The normalized spacial score (nSPS) is 12.6. The van der Waals surface area contributed by atoms with Gasteiger partial charge in [-0.25, -0.2) is 4.98 Å². The van der Waals surface area contributed by atoms with Gasteiger partial charge < -0.3 is 15.7 Å². The average molecular weight is 181 g/mol. The summed E-state index contributed by atoms with van der Waals surface area (Å²) in [5, 5.41) is 9.38. The van der Waals surface area contributed by atoms with E-state index < -0.39 is 6.10 Å². The van der Waals surface area contributed by atoms with E-state index in [1.54, 1.807) is 6.20 Å². The minimum absolute atomic E-state index is 0.225. The maximum absolute atomic E-state index is 9.38. The van der Waals surface area contributed by atoms with Crippen molar-refractivity contribution < 1.29 is 5.11 Å². The summed E-state index contributed by atoms with van der Waals surface area (Å²) in [6.07, 6.45) is 1.04. The second-order valence-electron chi connectivity index (χ2n) is 3.10. The molecule has 1 aromatic heterocycles. The molecule has 1 atom stereocenters. The van der Waals surface area contributed by atoms with Gasteiger partial charge in [0.15, 0.2) is 0 Å². The molecule has 0 fully saturated rings. The van der Waals surface area contributed by atoms with Crippen molar-refractivity contribution in [2.24, 2.45) is 5.73 Å². The van der Waals surface area contributed by atoms with Crippen LogP contribution in [0.3, 0.4) is 0 Å². The largest absolute Gasteiger partial charge is 0.387 e. The Morgan fingerprint density at radius 3 is 2.62 bits per heavy atom. The maximum Gasteiger partial charge on any atom is 0.127 e. The number of hydrogen-bond donors (Lipinski definition) is 2. The third kappa shape index (κ3) is 2.40. The first-order chi connectivity index (χ1) is 6.15. The Balaban J connectivity index is 2.81. The minimum Gasteiger partial charge on any atom is -0.387 e. The van der Waals surface area contributed by atoms with Crippen molar-refractivity contribution in [3.63, 3.8) is 0 Å². The molecule has 0 saturated heterocycles. The lowest BCUT2D eigenvalue weighted by Gasteiger charge is -2.12. The summed E-state index contributed by atoms with van der Waals surface area (Å²) in [6.45, 7) is 0.225. The van der Waals surface area contributed by atoms with E-state index in [2.05, 4.69) is 4.98 Å². The van der Waals surface area contributed by atoms with Crippen LogP contribution in [-0.2, 0) is 0 Å². The standard InChI is InChI=1S/C9H15N3O/c1-12(2)9-4-3-7(6-11-9)8(13)5-10/h3-4,6,8,13H,5,10H2,1-2H3. The summed E-state index contributed by atoms with van der Waals surface area (Å²) < 4.78 is 0. The molecule has 1 unspecified atom stereocenters. The van der Waals surface area contributed by atoms with E-state index in [4.69, 9.17) is 5.73 Å². The Labute approximate surface area is 78.0 Å². The molecule has 0 bridgehead atoms. The highest BCUT2D eigenvalue weighted by Crippen LogP contribution is 2.13. The highest BCUT2D eigenvalue weighted by Gasteiger charge is 2.05. The zero-order valence-electron chi connectivity index (χ0n) is 7.94. The predicted octanol–water partition coefficient (Wildman–Crippen LogP) is 0.140. The van der Waals surface area contributed by atoms with Crippen molar-refractivity contribution in [2.75, 3.05) is 25.5 Å². The number of nitrogens with two attached hydrogens (primary N) is 1. The monoisotopic (exact) mass is 181 g/mol. The summed E-state index contributed by atoms with van der Waals surface area (Å²) in [7, 11) is 3.84. The minimum atomic E-state index is -0.608. The smallest absolute Gasteiger partial charge is 0.127 e. The van der Waals surface area contributed by atoms with Crippen molar-refractivity contribution in [3.05, 3.63) is 23.9 Å². The van der Waals surface area contributed by atoms with Crippen molar-refractivity contribution in [3.8, 4) is 0 Å². The van der Waals surface area contributed by atoms with E-state index in [1.165, 1.54) is 0 Å². The first-order valence-electron chi connectivity index (χ1n) is 4.16. The molecule has 0 spiro atoms. The Morgan fingerprint density at radius 1 is 1.54 bits per heavy atom. The number of aliphatic hydroxyl groups excluding tert-OH is 1. The molecule has 0 radical (unpaired) electrons. The van der Waals surface area contributed by atoms with E-state index in [-0.39, 0.29) is 6.54 Å². The Kier molecular flexibility index (Phi) is 3.22. The number of anilines is 1. The summed E-state index contributed by atoms with van der Waals surface area (Å²) in [5.41, 5.74) is 6.07. The quantitative estimate of drug-likeness (QED) is 0.696. The molecule has 3 N–H and O–H groups in total. The fourth-order valence-corrected chi connectivity index (χ4v) is 0.995. The predicted molar refractivity (Wildman–Crippen MR) is 52.6 cm³/mol. The van der Waals surface area contributed by atoms with E-state index in [1.807, 2.05) is 31.1 Å². The van der Waals surface area contributed by atoms with Crippen molar-refractivity contribution in [1.82, 2.24) is 4.98 Å². The molecule has 4 nitrogen and oxygen atoms in total. The molecule has 1 heterocycles. The molecule has 1 rings (SSSR count). The van der Waals surface area contributed by atoms with Crippen LogP contribution in [0.25, 0.3) is 0 Å². The second-order valence-corrected chi connectivity index (χ2v) is 3.10. The van der Waals surface area contributed by atoms with Crippen LogP contribution in [-0.4, -0.2) is 30.7 Å². The van der Waals surface area contributed by atoms with Gasteiger partial charge in [-0.3, -0.25) is 0 Å². The molecule has 4 heteroatoms. The van der Waals surface area contributed by atoms with Crippen LogP contribution in [0.15, 0.2) is 18.3 Å². The second kappa shape index (κ2) is 4.20. The average Bonchev–Trinajstić information content (AvgIpc) is 2.17. The molecular weight excluding hydrogens is 166 g/mol. The molecule has 0 aliphatic rings. The Morgan fingerprint density at radius 2 is 2.23 bits per heavy atom. The molecule has 1 aromatic rings. The van der Waals surface area contributed by atoms with E-state index in [0.29, 0.717) is 0 Å². The van der Waals surface area contributed by atoms with Gasteiger partial charge in [-0.2, -0.15) is 0 Å². The fraction of sp³-hybridized carbons (Fsp3) is 0.444.